The minimum atomic E-state index is 0.0461. The van der Waals surface area contributed by atoms with Crippen LogP contribution in [0.5, 0.6) is 0 Å². The first-order valence-corrected chi connectivity index (χ1v) is 10.3. The molecule has 148 valence electrons. The predicted octanol–water partition coefficient (Wildman–Crippen LogP) is 3.80. The maximum atomic E-state index is 12.9. The van der Waals surface area contributed by atoms with Crippen LogP contribution in [0.1, 0.15) is 27.6 Å². The zero-order valence-corrected chi connectivity index (χ0v) is 17.7. The third-order valence-electron chi connectivity index (χ3n) is 5.14. The summed E-state index contributed by atoms with van der Waals surface area (Å²) < 4.78 is 2.67. The fourth-order valence-electron chi connectivity index (χ4n) is 3.46. The standard InChI is InChI=1S/C22H21BrN4O2/c1-16(28)17-2-6-20(7-3-17)25-10-12-26(13-11-25)22(29)18-4-8-21(9-5-18)27-15-19(23)14-24-27/h2-9,14-15H,10-13H2,1H3. The van der Waals surface area contributed by atoms with Crippen molar-refractivity contribution in [3.63, 3.8) is 0 Å². The van der Waals surface area contributed by atoms with Gasteiger partial charge < -0.3 is 9.80 Å². The highest BCUT2D eigenvalue weighted by molar-refractivity contribution is 9.10. The summed E-state index contributed by atoms with van der Waals surface area (Å²) in [4.78, 5) is 28.4. The van der Waals surface area contributed by atoms with Crippen LogP contribution < -0.4 is 4.90 Å². The van der Waals surface area contributed by atoms with Crippen molar-refractivity contribution in [1.29, 1.82) is 0 Å². The van der Waals surface area contributed by atoms with E-state index in [2.05, 4.69) is 25.9 Å². The zero-order chi connectivity index (χ0) is 20.4. The molecule has 1 aromatic heterocycles. The number of benzene rings is 2. The molecule has 1 aliphatic heterocycles. The second-order valence-electron chi connectivity index (χ2n) is 7.03. The molecule has 1 saturated heterocycles. The fourth-order valence-corrected chi connectivity index (χ4v) is 3.74. The molecule has 4 rings (SSSR count). The molecule has 0 spiro atoms. The average Bonchev–Trinajstić information content (AvgIpc) is 3.20. The van der Waals surface area contributed by atoms with Gasteiger partial charge in [0, 0.05) is 49.2 Å². The minimum absolute atomic E-state index is 0.0461. The molecule has 6 nitrogen and oxygen atoms in total. The maximum absolute atomic E-state index is 12.9. The summed E-state index contributed by atoms with van der Waals surface area (Å²) in [5.74, 6) is 0.114. The van der Waals surface area contributed by atoms with Crippen molar-refractivity contribution in [3.05, 3.63) is 76.5 Å². The van der Waals surface area contributed by atoms with Gasteiger partial charge in [0.25, 0.3) is 5.91 Å². The van der Waals surface area contributed by atoms with Gasteiger partial charge in [-0.1, -0.05) is 0 Å². The summed E-state index contributed by atoms with van der Waals surface area (Å²) in [5.41, 5.74) is 3.38. The van der Waals surface area contributed by atoms with E-state index in [9.17, 15) is 9.59 Å². The molecule has 0 N–H and O–H groups in total. The number of nitrogens with zero attached hydrogens (tertiary/aromatic N) is 4. The number of Topliss-reactive ketones (excluding diaryl/α,β-unsaturated/α-hetero) is 1. The molecule has 0 radical (unpaired) electrons. The number of anilines is 1. The minimum Gasteiger partial charge on any atom is -0.368 e. The molecule has 2 aromatic carbocycles. The van der Waals surface area contributed by atoms with Crippen LogP contribution >= 0.6 is 15.9 Å². The lowest BCUT2D eigenvalue weighted by molar-refractivity contribution is 0.0746. The first kappa shape index (κ1) is 19.4. The fraction of sp³-hybridized carbons (Fsp3) is 0.227. The number of halogens is 1. The lowest BCUT2D eigenvalue weighted by Crippen LogP contribution is -2.48. The van der Waals surface area contributed by atoms with Gasteiger partial charge in [-0.15, -0.1) is 0 Å². The van der Waals surface area contributed by atoms with E-state index in [1.165, 1.54) is 0 Å². The van der Waals surface area contributed by atoms with E-state index in [-0.39, 0.29) is 11.7 Å². The highest BCUT2D eigenvalue weighted by Gasteiger charge is 2.22. The van der Waals surface area contributed by atoms with Crippen LogP contribution in [-0.4, -0.2) is 52.5 Å². The number of aromatic nitrogens is 2. The predicted molar refractivity (Wildman–Crippen MR) is 116 cm³/mol. The Morgan fingerprint density at radius 3 is 2.00 bits per heavy atom. The highest BCUT2D eigenvalue weighted by Crippen LogP contribution is 2.19. The van der Waals surface area contributed by atoms with E-state index in [4.69, 9.17) is 0 Å². The van der Waals surface area contributed by atoms with E-state index < -0.39 is 0 Å². The molecule has 29 heavy (non-hydrogen) atoms. The number of amides is 1. The first-order chi connectivity index (χ1) is 14.0. The summed E-state index contributed by atoms with van der Waals surface area (Å²) in [5, 5.41) is 4.25. The summed E-state index contributed by atoms with van der Waals surface area (Å²) in [6, 6.07) is 15.2. The number of piperazine rings is 1. The summed E-state index contributed by atoms with van der Waals surface area (Å²) in [6.07, 6.45) is 3.60. The van der Waals surface area contributed by atoms with E-state index >= 15 is 0 Å². The number of carbonyl (C=O) groups is 2. The van der Waals surface area contributed by atoms with Crippen LogP contribution in [0, 0.1) is 0 Å². The first-order valence-electron chi connectivity index (χ1n) is 9.47. The van der Waals surface area contributed by atoms with Gasteiger partial charge in [0.05, 0.1) is 16.4 Å². The third kappa shape index (κ3) is 4.24. The topological polar surface area (TPSA) is 58.4 Å². The Kier molecular flexibility index (Phi) is 5.49. The molecule has 0 unspecified atom stereocenters. The normalized spacial score (nSPS) is 14.1. The molecule has 2 heterocycles. The lowest BCUT2D eigenvalue weighted by Gasteiger charge is -2.36. The van der Waals surface area contributed by atoms with Gasteiger partial charge in [0.15, 0.2) is 5.78 Å². The Labute approximate surface area is 177 Å². The molecular formula is C22H21BrN4O2. The van der Waals surface area contributed by atoms with Crippen molar-refractivity contribution in [2.75, 3.05) is 31.1 Å². The molecule has 1 aliphatic rings. The molecule has 0 atom stereocenters. The summed E-state index contributed by atoms with van der Waals surface area (Å²) in [7, 11) is 0. The number of hydrogen-bond acceptors (Lipinski definition) is 4. The van der Waals surface area contributed by atoms with Crippen molar-refractivity contribution in [1.82, 2.24) is 14.7 Å². The SMILES string of the molecule is CC(=O)c1ccc(N2CCN(C(=O)c3ccc(-n4cc(Br)cn4)cc3)CC2)cc1. The number of ketones is 1. The Morgan fingerprint density at radius 1 is 0.862 bits per heavy atom. The molecule has 0 saturated carbocycles. The van der Waals surface area contributed by atoms with Gasteiger partial charge in [0.1, 0.15) is 0 Å². The molecule has 0 aliphatic carbocycles. The van der Waals surface area contributed by atoms with Crippen LogP contribution in [0.3, 0.4) is 0 Å². The van der Waals surface area contributed by atoms with E-state index in [0.717, 1.165) is 28.9 Å². The Balaban J connectivity index is 1.38. The molecular weight excluding hydrogens is 432 g/mol. The quantitative estimate of drug-likeness (QED) is 0.564. The number of carbonyl (C=O) groups excluding carboxylic acids is 2. The highest BCUT2D eigenvalue weighted by atomic mass is 79.9. The molecule has 7 heteroatoms. The van der Waals surface area contributed by atoms with E-state index in [1.54, 1.807) is 17.8 Å². The molecule has 0 bridgehead atoms. The smallest absolute Gasteiger partial charge is 0.253 e. The van der Waals surface area contributed by atoms with Crippen molar-refractivity contribution in [3.8, 4) is 5.69 Å². The van der Waals surface area contributed by atoms with Gasteiger partial charge >= 0.3 is 0 Å². The summed E-state index contributed by atoms with van der Waals surface area (Å²) >= 11 is 3.39. The van der Waals surface area contributed by atoms with E-state index in [1.807, 2.05) is 59.6 Å². The van der Waals surface area contributed by atoms with Crippen LogP contribution in [-0.2, 0) is 0 Å². The van der Waals surface area contributed by atoms with Gasteiger partial charge in [-0.3, -0.25) is 9.59 Å². The van der Waals surface area contributed by atoms with Gasteiger partial charge in [-0.25, -0.2) is 4.68 Å². The second kappa shape index (κ2) is 8.21. The van der Waals surface area contributed by atoms with Gasteiger partial charge in [-0.05, 0) is 71.4 Å². The Bertz CT molecular complexity index is 1020. The van der Waals surface area contributed by atoms with Crippen LogP contribution in [0.2, 0.25) is 0 Å². The van der Waals surface area contributed by atoms with Crippen molar-refractivity contribution < 1.29 is 9.59 Å². The van der Waals surface area contributed by atoms with Gasteiger partial charge in [-0.2, -0.15) is 5.10 Å². The van der Waals surface area contributed by atoms with Crippen LogP contribution in [0.25, 0.3) is 5.69 Å². The maximum Gasteiger partial charge on any atom is 0.253 e. The zero-order valence-electron chi connectivity index (χ0n) is 16.1. The van der Waals surface area contributed by atoms with E-state index in [0.29, 0.717) is 24.2 Å². The van der Waals surface area contributed by atoms with Gasteiger partial charge in [0.2, 0.25) is 0 Å². The molecule has 1 fully saturated rings. The lowest BCUT2D eigenvalue weighted by atomic mass is 10.1. The molecule has 3 aromatic rings. The monoisotopic (exact) mass is 452 g/mol. The largest absolute Gasteiger partial charge is 0.368 e. The van der Waals surface area contributed by atoms with Crippen LogP contribution in [0.15, 0.2) is 65.4 Å². The number of hydrogen-bond donors (Lipinski definition) is 0. The molecule has 1 amide bonds. The summed E-state index contributed by atoms with van der Waals surface area (Å²) in [6.45, 7) is 4.44. The van der Waals surface area contributed by atoms with Crippen molar-refractivity contribution in [2.24, 2.45) is 0 Å². The van der Waals surface area contributed by atoms with Crippen molar-refractivity contribution >= 4 is 33.3 Å². The Hall–Kier alpha value is -2.93. The second-order valence-corrected chi connectivity index (χ2v) is 7.95. The van der Waals surface area contributed by atoms with Crippen LogP contribution in [0.4, 0.5) is 5.69 Å². The average molecular weight is 453 g/mol. The van der Waals surface area contributed by atoms with Crippen molar-refractivity contribution in [2.45, 2.75) is 6.92 Å². The Morgan fingerprint density at radius 2 is 1.45 bits per heavy atom. The third-order valence-corrected chi connectivity index (χ3v) is 5.55. The number of rotatable bonds is 4.